The summed E-state index contributed by atoms with van der Waals surface area (Å²) in [5.41, 5.74) is 4.07. The third kappa shape index (κ3) is 5.19. The number of aromatic nitrogens is 1. The van der Waals surface area contributed by atoms with Gasteiger partial charge in [-0.15, -0.1) is 0 Å². The van der Waals surface area contributed by atoms with Gasteiger partial charge in [0.25, 0.3) is 0 Å². The number of nitrogens with zero attached hydrogens (tertiary/aromatic N) is 3. The van der Waals surface area contributed by atoms with Gasteiger partial charge in [0, 0.05) is 13.1 Å². The fourth-order valence-electron chi connectivity index (χ4n) is 3.45. The van der Waals surface area contributed by atoms with E-state index in [0.717, 1.165) is 46.1 Å². The zero-order chi connectivity index (χ0) is 21.0. The molecule has 0 unspecified atom stereocenters. The minimum absolute atomic E-state index is 0.0165. The first-order valence-corrected chi connectivity index (χ1v) is 10.9. The SMILES string of the molecule is CCN(CC)CCN(C(=O)Cc1ccc(F)cc1)c1nc2c(C)cc(C)cc2s1. The van der Waals surface area contributed by atoms with Crippen LogP contribution in [-0.4, -0.2) is 42.0 Å². The maximum absolute atomic E-state index is 13.2. The zero-order valence-corrected chi connectivity index (χ0v) is 18.4. The van der Waals surface area contributed by atoms with Crippen molar-refractivity contribution >= 4 is 32.6 Å². The number of anilines is 1. The Hall–Kier alpha value is -2.31. The molecule has 6 heteroatoms. The summed E-state index contributed by atoms with van der Waals surface area (Å²) in [6.07, 6.45) is 0.229. The molecule has 1 heterocycles. The molecule has 0 atom stereocenters. The van der Waals surface area contributed by atoms with Crippen LogP contribution in [-0.2, 0) is 11.2 Å². The van der Waals surface area contributed by atoms with Gasteiger partial charge in [0.05, 0.1) is 16.6 Å². The van der Waals surface area contributed by atoms with Crippen LogP contribution < -0.4 is 4.90 Å². The second kappa shape index (κ2) is 9.46. The van der Waals surface area contributed by atoms with Gasteiger partial charge < -0.3 is 4.90 Å². The number of halogens is 1. The Labute approximate surface area is 176 Å². The van der Waals surface area contributed by atoms with Crippen LogP contribution in [0.2, 0.25) is 0 Å². The van der Waals surface area contributed by atoms with Gasteiger partial charge in [-0.3, -0.25) is 9.69 Å². The maximum atomic E-state index is 13.2. The van der Waals surface area contributed by atoms with E-state index < -0.39 is 0 Å². The number of carbonyl (C=O) groups is 1. The van der Waals surface area contributed by atoms with Crippen molar-refractivity contribution in [3.8, 4) is 0 Å². The Bertz CT molecular complexity index is 980. The molecule has 0 saturated heterocycles. The molecule has 0 aliphatic rings. The van der Waals surface area contributed by atoms with E-state index in [2.05, 4.69) is 44.7 Å². The van der Waals surface area contributed by atoms with Crippen molar-refractivity contribution in [3.05, 3.63) is 58.9 Å². The normalized spacial score (nSPS) is 11.4. The van der Waals surface area contributed by atoms with E-state index in [0.29, 0.717) is 6.54 Å². The predicted molar refractivity (Wildman–Crippen MR) is 119 cm³/mol. The number of hydrogen-bond donors (Lipinski definition) is 0. The molecule has 0 N–H and O–H groups in total. The topological polar surface area (TPSA) is 36.4 Å². The average molecular weight is 414 g/mol. The van der Waals surface area contributed by atoms with E-state index in [9.17, 15) is 9.18 Å². The summed E-state index contributed by atoms with van der Waals surface area (Å²) in [7, 11) is 0. The third-order valence-corrected chi connectivity index (χ3v) is 6.18. The molecule has 3 rings (SSSR count). The molecule has 154 valence electrons. The molecule has 0 bridgehead atoms. The molecule has 0 radical (unpaired) electrons. The summed E-state index contributed by atoms with van der Waals surface area (Å²) < 4.78 is 14.3. The lowest BCUT2D eigenvalue weighted by molar-refractivity contribution is -0.118. The van der Waals surface area contributed by atoms with Gasteiger partial charge in [-0.25, -0.2) is 9.37 Å². The monoisotopic (exact) mass is 413 g/mol. The zero-order valence-electron chi connectivity index (χ0n) is 17.5. The van der Waals surface area contributed by atoms with Crippen LogP contribution in [0.25, 0.3) is 10.2 Å². The van der Waals surface area contributed by atoms with E-state index in [-0.39, 0.29) is 18.1 Å². The van der Waals surface area contributed by atoms with E-state index >= 15 is 0 Å². The number of fused-ring (bicyclic) bond motifs is 1. The van der Waals surface area contributed by atoms with Gasteiger partial charge in [0.2, 0.25) is 5.91 Å². The highest BCUT2D eigenvalue weighted by atomic mass is 32.1. The van der Waals surface area contributed by atoms with Gasteiger partial charge in [-0.05, 0) is 61.8 Å². The van der Waals surface area contributed by atoms with E-state index in [1.165, 1.54) is 17.7 Å². The van der Waals surface area contributed by atoms with E-state index in [1.54, 1.807) is 28.4 Å². The van der Waals surface area contributed by atoms with Crippen molar-refractivity contribution in [2.45, 2.75) is 34.1 Å². The van der Waals surface area contributed by atoms with Crippen LogP contribution >= 0.6 is 11.3 Å². The van der Waals surface area contributed by atoms with Crippen LogP contribution in [0.1, 0.15) is 30.5 Å². The van der Waals surface area contributed by atoms with Gasteiger partial charge >= 0.3 is 0 Å². The van der Waals surface area contributed by atoms with Crippen molar-refractivity contribution in [3.63, 3.8) is 0 Å². The standard InChI is InChI=1S/C23H28FN3OS/c1-5-26(6-2)11-12-27(21(28)15-18-7-9-19(24)10-8-18)23-25-22-17(4)13-16(3)14-20(22)29-23/h7-10,13-14H,5-6,11-12,15H2,1-4H3. The maximum Gasteiger partial charge on any atom is 0.233 e. The van der Waals surface area contributed by atoms with Crippen LogP contribution in [0.5, 0.6) is 0 Å². The van der Waals surface area contributed by atoms with Gasteiger partial charge in [-0.2, -0.15) is 0 Å². The number of likely N-dealkylation sites (N-methyl/N-ethyl adjacent to an activating group) is 1. The molecule has 0 fully saturated rings. The molecule has 0 aliphatic heterocycles. The highest BCUT2D eigenvalue weighted by molar-refractivity contribution is 7.22. The van der Waals surface area contributed by atoms with E-state index in [1.807, 2.05) is 0 Å². The molecule has 0 saturated carbocycles. The fourth-order valence-corrected chi connectivity index (χ4v) is 4.64. The average Bonchev–Trinajstić information content (AvgIpc) is 3.11. The molecule has 2 aromatic carbocycles. The number of thiazole rings is 1. The van der Waals surface area contributed by atoms with Crippen molar-refractivity contribution in [1.82, 2.24) is 9.88 Å². The summed E-state index contributed by atoms with van der Waals surface area (Å²) in [6, 6.07) is 10.4. The lowest BCUT2D eigenvalue weighted by Gasteiger charge is -2.24. The summed E-state index contributed by atoms with van der Waals surface area (Å²) in [5, 5.41) is 0.730. The van der Waals surface area contributed by atoms with Crippen molar-refractivity contribution < 1.29 is 9.18 Å². The highest BCUT2D eigenvalue weighted by Crippen LogP contribution is 2.32. The summed E-state index contributed by atoms with van der Waals surface area (Å²) >= 11 is 1.56. The second-order valence-corrected chi connectivity index (χ2v) is 8.31. The molecular formula is C23H28FN3OS. The first-order chi connectivity index (χ1) is 13.9. The number of amides is 1. The molecule has 1 aromatic heterocycles. The Morgan fingerprint density at radius 2 is 1.76 bits per heavy atom. The lowest BCUT2D eigenvalue weighted by atomic mass is 10.1. The smallest absolute Gasteiger partial charge is 0.233 e. The molecule has 4 nitrogen and oxygen atoms in total. The Balaban J connectivity index is 1.90. The lowest BCUT2D eigenvalue weighted by Crippen LogP contribution is -2.39. The summed E-state index contributed by atoms with van der Waals surface area (Å²) in [5.74, 6) is -0.311. The molecular weight excluding hydrogens is 385 g/mol. The predicted octanol–water partition coefficient (Wildman–Crippen LogP) is 4.97. The van der Waals surface area contributed by atoms with Crippen LogP contribution in [0.4, 0.5) is 9.52 Å². The quantitative estimate of drug-likeness (QED) is 0.523. The minimum Gasteiger partial charge on any atom is -0.302 e. The number of benzene rings is 2. The number of carbonyl (C=O) groups excluding carboxylic acids is 1. The van der Waals surface area contributed by atoms with Crippen molar-refractivity contribution in [1.29, 1.82) is 0 Å². The molecule has 29 heavy (non-hydrogen) atoms. The Morgan fingerprint density at radius 3 is 2.41 bits per heavy atom. The van der Waals surface area contributed by atoms with Crippen molar-refractivity contribution in [2.24, 2.45) is 0 Å². The Kier molecular flexibility index (Phi) is 6.98. The van der Waals surface area contributed by atoms with Gasteiger partial charge in [0.15, 0.2) is 5.13 Å². The molecule has 1 amide bonds. The van der Waals surface area contributed by atoms with Gasteiger partial charge in [0.1, 0.15) is 5.82 Å². The second-order valence-electron chi connectivity index (χ2n) is 7.30. The highest BCUT2D eigenvalue weighted by Gasteiger charge is 2.21. The summed E-state index contributed by atoms with van der Waals surface area (Å²) in [6.45, 7) is 11.6. The number of aryl methyl sites for hydroxylation is 2. The third-order valence-electron chi connectivity index (χ3n) is 5.15. The summed E-state index contributed by atoms with van der Waals surface area (Å²) in [4.78, 5) is 22.1. The van der Waals surface area contributed by atoms with Gasteiger partial charge in [-0.1, -0.05) is 43.4 Å². The molecule has 0 spiro atoms. The first-order valence-electron chi connectivity index (χ1n) is 10.1. The minimum atomic E-state index is -0.295. The van der Waals surface area contributed by atoms with Crippen molar-refractivity contribution in [2.75, 3.05) is 31.1 Å². The Morgan fingerprint density at radius 1 is 1.07 bits per heavy atom. The fraction of sp³-hybridized carbons (Fsp3) is 0.391. The number of rotatable bonds is 8. The molecule has 0 aliphatic carbocycles. The molecule has 3 aromatic rings. The van der Waals surface area contributed by atoms with Crippen LogP contribution in [0.15, 0.2) is 36.4 Å². The van der Waals surface area contributed by atoms with Crippen LogP contribution in [0, 0.1) is 19.7 Å². The largest absolute Gasteiger partial charge is 0.302 e. The number of hydrogen-bond acceptors (Lipinski definition) is 4. The van der Waals surface area contributed by atoms with Crippen LogP contribution in [0.3, 0.4) is 0 Å². The first kappa shape index (κ1) is 21.4. The van der Waals surface area contributed by atoms with E-state index in [4.69, 9.17) is 4.98 Å².